The van der Waals surface area contributed by atoms with Crippen LogP contribution in [0.5, 0.6) is 0 Å². The number of carbonyl (C=O) groups is 1. The van der Waals surface area contributed by atoms with Gasteiger partial charge in [0, 0.05) is 17.4 Å². The number of hydrogen-bond donors (Lipinski definition) is 1. The molecule has 0 aliphatic carbocycles. The van der Waals surface area contributed by atoms with Crippen LogP contribution in [0.15, 0.2) is 42.7 Å². The molecule has 4 nitrogen and oxygen atoms in total. The summed E-state index contributed by atoms with van der Waals surface area (Å²) in [6.45, 7) is 4.01. The number of nitrogens with one attached hydrogen (secondary N) is 1. The summed E-state index contributed by atoms with van der Waals surface area (Å²) in [6, 6.07) is 9.03. The highest BCUT2D eigenvalue weighted by Crippen LogP contribution is 2.26. The summed E-state index contributed by atoms with van der Waals surface area (Å²) in [5.74, 6) is 0.0848. The van der Waals surface area contributed by atoms with E-state index in [4.69, 9.17) is 11.6 Å². The third kappa shape index (κ3) is 3.54. The Labute approximate surface area is 123 Å². The van der Waals surface area contributed by atoms with Gasteiger partial charge in [-0.25, -0.2) is 9.97 Å². The SMILES string of the molecule is CC(C)C(C(=O)Nc1ncccn1)c1ccc(Cl)cc1. The molecule has 1 atom stereocenters. The van der Waals surface area contributed by atoms with Crippen LogP contribution in [0, 0.1) is 5.92 Å². The maximum atomic E-state index is 12.4. The number of hydrogen-bond acceptors (Lipinski definition) is 3. The molecule has 2 rings (SSSR count). The lowest BCUT2D eigenvalue weighted by atomic mass is 9.88. The highest BCUT2D eigenvalue weighted by atomic mass is 35.5. The van der Waals surface area contributed by atoms with Crippen molar-refractivity contribution >= 4 is 23.5 Å². The minimum Gasteiger partial charge on any atom is -0.294 e. The molecule has 1 unspecified atom stereocenters. The predicted octanol–water partition coefficient (Wildman–Crippen LogP) is 3.51. The fourth-order valence-electron chi connectivity index (χ4n) is 2.06. The Morgan fingerprint density at radius 1 is 1.15 bits per heavy atom. The lowest BCUT2D eigenvalue weighted by Gasteiger charge is -2.20. The summed E-state index contributed by atoms with van der Waals surface area (Å²) in [6.07, 6.45) is 3.19. The molecule has 0 aliphatic rings. The largest absolute Gasteiger partial charge is 0.294 e. The standard InChI is InChI=1S/C15H16ClN3O/c1-10(2)13(11-4-6-12(16)7-5-11)14(20)19-15-17-8-3-9-18-15/h3-10,13H,1-2H3,(H,17,18,19,20). The number of benzene rings is 1. The minimum atomic E-state index is -0.268. The van der Waals surface area contributed by atoms with E-state index in [0.717, 1.165) is 5.56 Å². The van der Waals surface area contributed by atoms with Gasteiger partial charge < -0.3 is 0 Å². The second-order valence-corrected chi connectivity index (χ2v) is 5.27. The first-order valence-corrected chi connectivity index (χ1v) is 6.79. The lowest BCUT2D eigenvalue weighted by molar-refractivity contribution is -0.118. The maximum Gasteiger partial charge on any atom is 0.234 e. The van der Waals surface area contributed by atoms with Crippen LogP contribution in [0.1, 0.15) is 25.3 Å². The molecule has 0 bridgehead atoms. The average Bonchev–Trinajstić information content (AvgIpc) is 2.42. The number of halogens is 1. The van der Waals surface area contributed by atoms with Gasteiger partial charge in [-0.2, -0.15) is 0 Å². The highest BCUT2D eigenvalue weighted by molar-refractivity contribution is 6.30. The van der Waals surface area contributed by atoms with E-state index in [0.29, 0.717) is 11.0 Å². The zero-order valence-electron chi connectivity index (χ0n) is 11.4. The summed E-state index contributed by atoms with van der Waals surface area (Å²) in [7, 11) is 0. The maximum absolute atomic E-state index is 12.4. The van der Waals surface area contributed by atoms with Gasteiger partial charge in [-0.15, -0.1) is 0 Å². The number of nitrogens with zero attached hydrogens (tertiary/aromatic N) is 2. The summed E-state index contributed by atoms with van der Waals surface area (Å²) in [5, 5.41) is 3.40. The zero-order chi connectivity index (χ0) is 14.5. The van der Waals surface area contributed by atoms with E-state index in [2.05, 4.69) is 15.3 Å². The van der Waals surface area contributed by atoms with Crippen molar-refractivity contribution < 1.29 is 4.79 Å². The number of carbonyl (C=O) groups excluding carboxylic acids is 1. The van der Waals surface area contributed by atoms with E-state index in [9.17, 15) is 4.79 Å². The molecule has 0 fully saturated rings. The molecule has 104 valence electrons. The zero-order valence-corrected chi connectivity index (χ0v) is 12.1. The van der Waals surface area contributed by atoms with Crippen LogP contribution in [0.2, 0.25) is 5.02 Å². The Hall–Kier alpha value is -1.94. The van der Waals surface area contributed by atoms with E-state index < -0.39 is 0 Å². The third-order valence-corrected chi connectivity index (χ3v) is 3.23. The summed E-state index contributed by atoms with van der Waals surface area (Å²) in [4.78, 5) is 20.4. The Bertz CT molecular complexity index is 569. The highest BCUT2D eigenvalue weighted by Gasteiger charge is 2.24. The van der Waals surface area contributed by atoms with Gasteiger partial charge in [0.25, 0.3) is 0 Å². The smallest absolute Gasteiger partial charge is 0.234 e. The Morgan fingerprint density at radius 3 is 2.30 bits per heavy atom. The van der Waals surface area contributed by atoms with Crippen molar-refractivity contribution in [3.05, 3.63) is 53.3 Å². The van der Waals surface area contributed by atoms with Crippen LogP contribution in [0.25, 0.3) is 0 Å². The number of aromatic nitrogens is 2. The molecular weight excluding hydrogens is 274 g/mol. The molecule has 1 aromatic carbocycles. The molecular formula is C15H16ClN3O. The van der Waals surface area contributed by atoms with Gasteiger partial charge in [-0.3, -0.25) is 10.1 Å². The first kappa shape index (κ1) is 14.5. The third-order valence-electron chi connectivity index (χ3n) is 2.98. The second-order valence-electron chi connectivity index (χ2n) is 4.83. The minimum absolute atomic E-state index is 0.117. The summed E-state index contributed by atoms with van der Waals surface area (Å²) in [5.41, 5.74) is 0.929. The topological polar surface area (TPSA) is 54.9 Å². The number of amides is 1. The molecule has 0 saturated heterocycles. The van der Waals surface area contributed by atoms with Gasteiger partial charge in [-0.1, -0.05) is 37.6 Å². The van der Waals surface area contributed by atoms with Crippen LogP contribution in [-0.2, 0) is 4.79 Å². The molecule has 0 saturated carbocycles. The molecule has 1 amide bonds. The van der Waals surface area contributed by atoms with Gasteiger partial charge >= 0.3 is 0 Å². The summed E-state index contributed by atoms with van der Waals surface area (Å²) >= 11 is 5.88. The van der Waals surface area contributed by atoms with Crippen molar-refractivity contribution in [3.8, 4) is 0 Å². The van der Waals surface area contributed by atoms with Crippen molar-refractivity contribution in [1.29, 1.82) is 0 Å². The van der Waals surface area contributed by atoms with Crippen molar-refractivity contribution in [3.63, 3.8) is 0 Å². The molecule has 0 aliphatic heterocycles. The van der Waals surface area contributed by atoms with Gasteiger partial charge in [0.1, 0.15) is 0 Å². The predicted molar refractivity (Wildman–Crippen MR) is 79.7 cm³/mol. The summed E-state index contributed by atoms with van der Waals surface area (Å²) < 4.78 is 0. The normalized spacial score (nSPS) is 12.2. The van der Waals surface area contributed by atoms with Gasteiger partial charge in [0.15, 0.2) is 0 Å². The molecule has 20 heavy (non-hydrogen) atoms. The van der Waals surface area contributed by atoms with E-state index >= 15 is 0 Å². The molecule has 5 heteroatoms. The molecule has 0 spiro atoms. The van der Waals surface area contributed by atoms with E-state index in [1.807, 2.05) is 26.0 Å². The quantitative estimate of drug-likeness (QED) is 0.937. The van der Waals surface area contributed by atoms with Crippen molar-refractivity contribution in [2.24, 2.45) is 5.92 Å². The average molecular weight is 290 g/mol. The fourth-order valence-corrected chi connectivity index (χ4v) is 2.19. The molecule has 1 heterocycles. The Morgan fingerprint density at radius 2 is 1.75 bits per heavy atom. The van der Waals surface area contributed by atoms with Gasteiger partial charge in [-0.05, 0) is 29.7 Å². The van der Waals surface area contributed by atoms with E-state index in [1.165, 1.54) is 0 Å². The monoisotopic (exact) mass is 289 g/mol. The lowest BCUT2D eigenvalue weighted by Crippen LogP contribution is -2.26. The Kier molecular flexibility index (Phi) is 4.69. The number of rotatable bonds is 4. The van der Waals surface area contributed by atoms with Crippen LogP contribution in [0.4, 0.5) is 5.95 Å². The first-order valence-electron chi connectivity index (χ1n) is 6.41. The molecule has 2 aromatic rings. The van der Waals surface area contributed by atoms with Crippen LogP contribution in [-0.4, -0.2) is 15.9 Å². The molecule has 1 aromatic heterocycles. The van der Waals surface area contributed by atoms with Crippen LogP contribution < -0.4 is 5.32 Å². The van der Waals surface area contributed by atoms with Crippen molar-refractivity contribution in [2.45, 2.75) is 19.8 Å². The fraction of sp³-hybridized carbons (Fsp3) is 0.267. The van der Waals surface area contributed by atoms with Crippen molar-refractivity contribution in [2.75, 3.05) is 5.32 Å². The van der Waals surface area contributed by atoms with Gasteiger partial charge in [0.05, 0.1) is 5.92 Å². The van der Waals surface area contributed by atoms with Gasteiger partial charge in [0.2, 0.25) is 11.9 Å². The Balaban J connectivity index is 2.20. The van der Waals surface area contributed by atoms with E-state index in [1.54, 1.807) is 30.6 Å². The molecule has 1 N–H and O–H groups in total. The molecule has 0 radical (unpaired) electrons. The number of anilines is 1. The van der Waals surface area contributed by atoms with Crippen molar-refractivity contribution in [1.82, 2.24) is 9.97 Å². The van der Waals surface area contributed by atoms with Crippen LogP contribution in [0.3, 0.4) is 0 Å². The van der Waals surface area contributed by atoms with E-state index in [-0.39, 0.29) is 17.7 Å². The second kappa shape index (κ2) is 6.48. The first-order chi connectivity index (χ1) is 9.58. The van der Waals surface area contributed by atoms with Crippen LogP contribution >= 0.6 is 11.6 Å².